The molecule has 0 saturated heterocycles. The van der Waals surface area contributed by atoms with Crippen molar-refractivity contribution in [1.82, 2.24) is 19.5 Å². The first-order chi connectivity index (χ1) is 12.2. The zero-order chi connectivity index (χ0) is 17.2. The summed E-state index contributed by atoms with van der Waals surface area (Å²) in [6.07, 6.45) is 9.28. The summed E-state index contributed by atoms with van der Waals surface area (Å²) in [6.45, 7) is 0. The summed E-state index contributed by atoms with van der Waals surface area (Å²) in [5.41, 5.74) is 9.16. The highest BCUT2D eigenvalue weighted by molar-refractivity contribution is 5.87. The molecule has 3 N–H and O–H groups in total. The lowest BCUT2D eigenvalue weighted by Crippen LogP contribution is -2.29. The number of nitrogens with zero attached hydrogens (tertiary/aromatic N) is 5. The number of imidazole rings is 1. The molecule has 25 heavy (non-hydrogen) atoms. The highest BCUT2D eigenvalue weighted by Gasteiger charge is 2.25. The molecule has 3 aromatic rings. The summed E-state index contributed by atoms with van der Waals surface area (Å²) in [6, 6.07) is 8.62. The van der Waals surface area contributed by atoms with Crippen molar-refractivity contribution in [3.63, 3.8) is 0 Å². The van der Waals surface area contributed by atoms with E-state index >= 15 is 0 Å². The van der Waals surface area contributed by atoms with Crippen LogP contribution in [-0.4, -0.2) is 25.6 Å². The lowest BCUT2D eigenvalue weighted by Gasteiger charge is -2.31. The van der Waals surface area contributed by atoms with Crippen LogP contribution in [0, 0.1) is 11.3 Å². The molecule has 2 aromatic heterocycles. The van der Waals surface area contributed by atoms with E-state index < -0.39 is 0 Å². The van der Waals surface area contributed by atoms with E-state index in [9.17, 15) is 0 Å². The maximum absolute atomic E-state index is 8.83. The van der Waals surface area contributed by atoms with Gasteiger partial charge in [0.1, 0.15) is 11.6 Å². The Hall–Kier alpha value is -3.14. The van der Waals surface area contributed by atoms with Gasteiger partial charge in [-0.3, -0.25) is 0 Å². The van der Waals surface area contributed by atoms with Gasteiger partial charge in [0, 0.05) is 12.1 Å². The smallest absolute Gasteiger partial charge is 0.222 e. The summed E-state index contributed by atoms with van der Waals surface area (Å²) >= 11 is 0. The van der Waals surface area contributed by atoms with Crippen LogP contribution < -0.4 is 11.1 Å². The predicted octanol–water partition coefficient (Wildman–Crippen LogP) is 2.88. The van der Waals surface area contributed by atoms with E-state index in [1.54, 1.807) is 12.4 Å². The molecule has 2 atom stereocenters. The Labute approximate surface area is 145 Å². The van der Waals surface area contributed by atoms with Gasteiger partial charge in [0.05, 0.1) is 35.5 Å². The minimum absolute atomic E-state index is 0.296. The number of benzene rings is 1. The van der Waals surface area contributed by atoms with Gasteiger partial charge in [-0.2, -0.15) is 5.26 Å². The lowest BCUT2D eigenvalue weighted by molar-refractivity contribution is 0.336. The van der Waals surface area contributed by atoms with E-state index in [1.807, 2.05) is 24.5 Å². The Morgan fingerprint density at radius 3 is 2.84 bits per heavy atom. The molecule has 4 rings (SSSR count). The number of rotatable bonds is 3. The summed E-state index contributed by atoms with van der Waals surface area (Å²) in [4.78, 5) is 12.9. The van der Waals surface area contributed by atoms with Gasteiger partial charge in [0.25, 0.3) is 0 Å². The number of anilines is 2. The summed E-state index contributed by atoms with van der Waals surface area (Å²) in [7, 11) is 0. The Bertz CT molecular complexity index is 923. The lowest BCUT2D eigenvalue weighted by atomic mass is 9.90. The van der Waals surface area contributed by atoms with Gasteiger partial charge in [0.15, 0.2) is 0 Å². The number of nitrogens with two attached hydrogens (primary N) is 1. The Balaban J connectivity index is 1.52. The van der Waals surface area contributed by atoms with Crippen LogP contribution in [0.1, 0.15) is 37.3 Å². The molecule has 2 heterocycles. The highest BCUT2D eigenvalue weighted by atomic mass is 15.1. The van der Waals surface area contributed by atoms with E-state index in [1.165, 1.54) is 0 Å². The predicted molar refractivity (Wildman–Crippen MR) is 95.8 cm³/mol. The van der Waals surface area contributed by atoms with Crippen LogP contribution in [-0.2, 0) is 0 Å². The Morgan fingerprint density at radius 2 is 2.04 bits per heavy atom. The average molecular weight is 333 g/mol. The van der Waals surface area contributed by atoms with Crippen LogP contribution in [0.5, 0.6) is 0 Å². The molecule has 0 bridgehead atoms. The summed E-state index contributed by atoms with van der Waals surface area (Å²) in [5.74, 6) is 0.574. The molecular weight excluding hydrogens is 314 g/mol. The van der Waals surface area contributed by atoms with E-state index in [2.05, 4.69) is 30.9 Å². The fourth-order valence-electron chi connectivity index (χ4n) is 3.56. The van der Waals surface area contributed by atoms with Gasteiger partial charge in [-0.15, -0.1) is 0 Å². The third-order valence-corrected chi connectivity index (χ3v) is 4.79. The van der Waals surface area contributed by atoms with Crippen LogP contribution in [0.4, 0.5) is 11.6 Å². The Morgan fingerprint density at radius 1 is 1.20 bits per heavy atom. The molecule has 1 aliphatic carbocycles. The van der Waals surface area contributed by atoms with Crippen molar-refractivity contribution in [3.05, 3.63) is 42.5 Å². The number of nitrogen functional groups attached to an aromatic ring is 1. The second-order valence-corrected chi connectivity index (χ2v) is 6.44. The van der Waals surface area contributed by atoms with Crippen molar-refractivity contribution in [1.29, 1.82) is 5.26 Å². The molecule has 0 unspecified atom stereocenters. The Kier molecular flexibility index (Phi) is 3.94. The van der Waals surface area contributed by atoms with E-state index in [0.717, 1.165) is 36.7 Å². The first kappa shape index (κ1) is 15.4. The molecule has 7 nitrogen and oxygen atoms in total. The van der Waals surface area contributed by atoms with E-state index in [4.69, 9.17) is 11.0 Å². The molecule has 126 valence electrons. The van der Waals surface area contributed by atoms with Crippen molar-refractivity contribution in [2.24, 2.45) is 0 Å². The number of hydrogen-bond acceptors (Lipinski definition) is 6. The quantitative estimate of drug-likeness (QED) is 0.714. The minimum atomic E-state index is 0.296. The van der Waals surface area contributed by atoms with Gasteiger partial charge in [-0.1, -0.05) is 6.07 Å². The third kappa shape index (κ3) is 2.98. The topological polar surface area (TPSA) is 105 Å². The maximum Gasteiger partial charge on any atom is 0.222 e. The van der Waals surface area contributed by atoms with Crippen LogP contribution in [0.2, 0.25) is 0 Å². The third-order valence-electron chi connectivity index (χ3n) is 4.79. The van der Waals surface area contributed by atoms with Crippen molar-refractivity contribution < 1.29 is 0 Å². The van der Waals surface area contributed by atoms with Crippen molar-refractivity contribution in [2.45, 2.75) is 37.8 Å². The molecule has 0 amide bonds. The van der Waals surface area contributed by atoms with E-state index in [0.29, 0.717) is 29.3 Å². The van der Waals surface area contributed by atoms with Crippen molar-refractivity contribution >= 4 is 22.7 Å². The highest BCUT2D eigenvalue weighted by Crippen LogP contribution is 2.33. The van der Waals surface area contributed by atoms with Crippen molar-refractivity contribution in [3.8, 4) is 6.07 Å². The number of aromatic nitrogens is 4. The summed E-state index contributed by atoms with van der Waals surface area (Å²) in [5, 5.41) is 12.2. The minimum Gasteiger partial charge on any atom is -0.397 e. The average Bonchev–Trinajstić information content (AvgIpc) is 3.08. The number of fused-ring (bicyclic) bond motifs is 1. The number of para-hydroxylation sites is 1. The molecule has 1 aliphatic rings. The van der Waals surface area contributed by atoms with Gasteiger partial charge in [0.2, 0.25) is 5.95 Å². The SMILES string of the molecule is N#Cc1cnc(N[C@@H]2CCC[C@H](n3cnc4c(N)cccc43)C2)nc1. The fraction of sp³-hybridized carbons (Fsp3) is 0.333. The van der Waals surface area contributed by atoms with Crippen LogP contribution in [0.15, 0.2) is 36.9 Å². The fourth-order valence-corrected chi connectivity index (χ4v) is 3.56. The zero-order valence-corrected chi connectivity index (χ0v) is 13.8. The molecule has 1 fully saturated rings. The zero-order valence-electron chi connectivity index (χ0n) is 13.8. The van der Waals surface area contributed by atoms with Crippen LogP contribution >= 0.6 is 0 Å². The first-order valence-corrected chi connectivity index (χ1v) is 8.44. The van der Waals surface area contributed by atoms with Crippen molar-refractivity contribution in [2.75, 3.05) is 11.1 Å². The normalized spacial score (nSPS) is 20.3. The molecule has 7 heteroatoms. The molecule has 0 radical (unpaired) electrons. The molecular formula is C18H19N7. The molecule has 0 spiro atoms. The number of nitriles is 1. The molecule has 1 aromatic carbocycles. The van der Waals surface area contributed by atoms with Gasteiger partial charge in [-0.25, -0.2) is 15.0 Å². The first-order valence-electron chi connectivity index (χ1n) is 8.44. The van der Waals surface area contributed by atoms with Crippen LogP contribution in [0.25, 0.3) is 11.0 Å². The van der Waals surface area contributed by atoms with Gasteiger partial charge in [-0.05, 0) is 37.8 Å². The second kappa shape index (κ2) is 6.40. The standard InChI is InChI=1S/C18H19N7/c19-8-12-9-21-18(22-10-12)24-13-3-1-4-14(7-13)25-11-23-17-15(20)5-2-6-16(17)25/h2,5-6,9-11,13-14H,1,3-4,7,20H2,(H,21,22,24)/t13-,14+/m1/s1. The van der Waals surface area contributed by atoms with E-state index in [-0.39, 0.29) is 0 Å². The van der Waals surface area contributed by atoms with Crippen LogP contribution in [0.3, 0.4) is 0 Å². The number of nitrogens with one attached hydrogen (secondary N) is 1. The van der Waals surface area contributed by atoms with Gasteiger partial charge >= 0.3 is 0 Å². The van der Waals surface area contributed by atoms with Gasteiger partial charge < -0.3 is 15.6 Å². The number of hydrogen-bond donors (Lipinski definition) is 2. The molecule has 0 aliphatic heterocycles. The largest absolute Gasteiger partial charge is 0.397 e. The molecule has 1 saturated carbocycles. The second-order valence-electron chi connectivity index (χ2n) is 6.44. The summed E-state index contributed by atoms with van der Waals surface area (Å²) < 4.78 is 2.24. The monoisotopic (exact) mass is 333 g/mol. The maximum atomic E-state index is 8.83.